The Morgan fingerprint density at radius 3 is 2.30 bits per heavy atom. The molecule has 0 heterocycles. The molecule has 20 heavy (non-hydrogen) atoms. The average molecular weight is 302 g/mol. The van der Waals surface area contributed by atoms with Crippen molar-refractivity contribution in [2.75, 3.05) is 5.32 Å². The normalized spacial score (nSPS) is 11.2. The molecule has 0 aromatic heterocycles. The first kappa shape index (κ1) is 14.5. The Labute approximate surface area is 119 Å². The number of nitrogens with one attached hydrogen (secondary N) is 1. The Bertz CT molecular complexity index is 569. The summed E-state index contributed by atoms with van der Waals surface area (Å²) in [6.07, 6.45) is -4.70. The first-order chi connectivity index (χ1) is 9.44. The number of alkyl halides is 3. The topological polar surface area (TPSA) is 21.3 Å². The van der Waals surface area contributed by atoms with Crippen LogP contribution in [-0.4, -0.2) is 6.36 Å². The van der Waals surface area contributed by atoms with Gasteiger partial charge in [-0.3, -0.25) is 0 Å². The van der Waals surface area contributed by atoms with Crippen molar-refractivity contribution in [2.45, 2.75) is 12.9 Å². The molecule has 106 valence electrons. The molecule has 0 fully saturated rings. The van der Waals surface area contributed by atoms with E-state index in [1.54, 1.807) is 36.4 Å². The SMILES string of the molecule is FC(F)(F)Oc1ccccc1CNc1ccc(Cl)cc1. The second-order valence-electron chi connectivity index (χ2n) is 4.02. The van der Waals surface area contributed by atoms with Gasteiger partial charge in [-0.05, 0) is 30.3 Å². The molecular weight excluding hydrogens is 291 g/mol. The minimum Gasteiger partial charge on any atom is -0.405 e. The molecule has 0 spiro atoms. The highest BCUT2D eigenvalue weighted by Crippen LogP contribution is 2.26. The molecule has 0 saturated carbocycles. The minimum absolute atomic E-state index is 0.207. The Morgan fingerprint density at radius 2 is 1.65 bits per heavy atom. The first-order valence-corrected chi connectivity index (χ1v) is 6.15. The van der Waals surface area contributed by atoms with Crippen LogP contribution >= 0.6 is 11.6 Å². The Hall–Kier alpha value is -1.88. The quantitative estimate of drug-likeness (QED) is 0.871. The van der Waals surface area contributed by atoms with E-state index in [-0.39, 0.29) is 12.3 Å². The van der Waals surface area contributed by atoms with E-state index in [1.807, 2.05) is 0 Å². The van der Waals surface area contributed by atoms with Crippen LogP contribution in [0.15, 0.2) is 48.5 Å². The van der Waals surface area contributed by atoms with Crippen molar-refractivity contribution >= 4 is 17.3 Å². The maximum Gasteiger partial charge on any atom is 0.573 e. The molecule has 1 N–H and O–H groups in total. The standard InChI is InChI=1S/C14H11ClF3NO/c15-11-5-7-12(8-6-11)19-9-10-3-1-2-4-13(10)20-14(16,17)18/h1-8,19H,9H2. The third-order valence-electron chi connectivity index (χ3n) is 2.53. The van der Waals surface area contributed by atoms with Gasteiger partial charge >= 0.3 is 6.36 Å². The zero-order valence-electron chi connectivity index (χ0n) is 10.2. The number of hydrogen-bond acceptors (Lipinski definition) is 2. The lowest BCUT2D eigenvalue weighted by atomic mass is 10.2. The molecule has 2 rings (SSSR count). The van der Waals surface area contributed by atoms with Crippen molar-refractivity contribution < 1.29 is 17.9 Å². The molecule has 2 aromatic carbocycles. The zero-order valence-corrected chi connectivity index (χ0v) is 11.0. The number of para-hydroxylation sites is 1. The van der Waals surface area contributed by atoms with Gasteiger partial charge in [0.1, 0.15) is 5.75 Å². The molecule has 0 atom stereocenters. The van der Waals surface area contributed by atoms with E-state index in [9.17, 15) is 13.2 Å². The number of ether oxygens (including phenoxy) is 1. The van der Waals surface area contributed by atoms with E-state index < -0.39 is 6.36 Å². The fourth-order valence-electron chi connectivity index (χ4n) is 1.64. The lowest BCUT2D eigenvalue weighted by Gasteiger charge is -2.14. The molecular formula is C14H11ClF3NO. The number of anilines is 1. The molecule has 2 nitrogen and oxygen atoms in total. The highest BCUT2D eigenvalue weighted by atomic mass is 35.5. The highest BCUT2D eigenvalue weighted by Gasteiger charge is 2.31. The minimum atomic E-state index is -4.70. The summed E-state index contributed by atoms with van der Waals surface area (Å²) in [5, 5.41) is 3.60. The van der Waals surface area contributed by atoms with Crippen LogP contribution in [0.1, 0.15) is 5.56 Å². The smallest absolute Gasteiger partial charge is 0.405 e. The third-order valence-corrected chi connectivity index (χ3v) is 2.78. The largest absolute Gasteiger partial charge is 0.573 e. The van der Waals surface area contributed by atoms with Crippen molar-refractivity contribution in [3.8, 4) is 5.75 Å². The molecule has 0 aliphatic rings. The molecule has 0 aliphatic carbocycles. The lowest BCUT2D eigenvalue weighted by molar-refractivity contribution is -0.274. The molecule has 0 bridgehead atoms. The zero-order chi connectivity index (χ0) is 14.6. The number of rotatable bonds is 4. The average Bonchev–Trinajstić information content (AvgIpc) is 2.38. The Morgan fingerprint density at radius 1 is 1.00 bits per heavy atom. The van der Waals surface area contributed by atoms with Crippen molar-refractivity contribution in [1.82, 2.24) is 0 Å². The van der Waals surface area contributed by atoms with Gasteiger partial charge in [0, 0.05) is 22.8 Å². The molecule has 0 unspecified atom stereocenters. The molecule has 0 amide bonds. The van der Waals surface area contributed by atoms with Crippen molar-refractivity contribution in [1.29, 1.82) is 0 Å². The summed E-state index contributed by atoms with van der Waals surface area (Å²) in [4.78, 5) is 0. The maximum absolute atomic E-state index is 12.3. The van der Waals surface area contributed by atoms with Gasteiger partial charge in [-0.2, -0.15) is 0 Å². The van der Waals surface area contributed by atoms with Gasteiger partial charge < -0.3 is 10.1 Å². The Balaban J connectivity index is 2.07. The van der Waals surface area contributed by atoms with Crippen LogP contribution in [0.2, 0.25) is 5.02 Å². The van der Waals surface area contributed by atoms with Crippen molar-refractivity contribution in [3.63, 3.8) is 0 Å². The van der Waals surface area contributed by atoms with Crippen LogP contribution in [0.4, 0.5) is 18.9 Å². The van der Waals surface area contributed by atoms with E-state index in [0.29, 0.717) is 10.6 Å². The summed E-state index contributed by atoms with van der Waals surface area (Å²) in [6, 6.07) is 12.9. The molecule has 2 aromatic rings. The summed E-state index contributed by atoms with van der Waals surface area (Å²) in [5.74, 6) is -0.207. The van der Waals surface area contributed by atoms with Crippen LogP contribution in [0.5, 0.6) is 5.75 Å². The van der Waals surface area contributed by atoms with E-state index in [0.717, 1.165) is 5.69 Å². The molecule has 0 saturated heterocycles. The van der Waals surface area contributed by atoms with Crippen LogP contribution in [-0.2, 0) is 6.54 Å². The van der Waals surface area contributed by atoms with E-state index >= 15 is 0 Å². The van der Waals surface area contributed by atoms with E-state index in [1.165, 1.54) is 12.1 Å². The predicted octanol–water partition coefficient (Wildman–Crippen LogP) is 4.85. The number of hydrogen-bond donors (Lipinski definition) is 1. The number of benzene rings is 2. The monoisotopic (exact) mass is 301 g/mol. The fraction of sp³-hybridized carbons (Fsp3) is 0.143. The van der Waals surface area contributed by atoms with Gasteiger partial charge in [0.25, 0.3) is 0 Å². The first-order valence-electron chi connectivity index (χ1n) is 5.77. The second-order valence-corrected chi connectivity index (χ2v) is 4.45. The van der Waals surface area contributed by atoms with Gasteiger partial charge in [0.15, 0.2) is 0 Å². The summed E-state index contributed by atoms with van der Waals surface area (Å²) < 4.78 is 40.8. The maximum atomic E-state index is 12.3. The second kappa shape index (κ2) is 6.05. The van der Waals surface area contributed by atoms with Crippen LogP contribution in [0.25, 0.3) is 0 Å². The van der Waals surface area contributed by atoms with Gasteiger partial charge in [0.05, 0.1) is 0 Å². The van der Waals surface area contributed by atoms with Gasteiger partial charge in [-0.25, -0.2) is 0 Å². The van der Waals surface area contributed by atoms with E-state index in [4.69, 9.17) is 11.6 Å². The van der Waals surface area contributed by atoms with Crippen molar-refractivity contribution in [3.05, 3.63) is 59.1 Å². The van der Waals surface area contributed by atoms with Crippen LogP contribution in [0, 0.1) is 0 Å². The van der Waals surface area contributed by atoms with Gasteiger partial charge in [-0.1, -0.05) is 29.8 Å². The molecule has 6 heteroatoms. The lowest BCUT2D eigenvalue weighted by Crippen LogP contribution is -2.18. The summed E-state index contributed by atoms with van der Waals surface area (Å²) >= 11 is 5.75. The highest BCUT2D eigenvalue weighted by molar-refractivity contribution is 6.30. The van der Waals surface area contributed by atoms with Crippen molar-refractivity contribution in [2.24, 2.45) is 0 Å². The summed E-state index contributed by atoms with van der Waals surface area (Å²) in [7, 11) is 0. The summed E-state index contributed by atoms with van der Waals surface area (Å²) in [5.41, 5.74) is 1.18. The predicted molar refractivity (Wildman–Crippen MR) is 71.9 cm³/mol. The number of halogens is 4. The summed E-state index contributed by atoms with van der Waals surface area (Å²) in [6.45, 7) is 0.216. The van der Waals surface area contributed by atoms with E-state index in [2.05, 4.69) is 10.1 Å². The molecule has 0 aliphatic heterocycles. The molecule has 0 radical (unpaired) electrons. The third kappa shape index (κ3) is 4.35. The van der Waals surface area contributed by atoms with Crippen LogP contribution in [0.3, 0.4) is 0 Å². The van der Waals surface area contributed by atoms with Crippen LogP contribution < -0.4 is 10.1 Å². The van der Waals surface area contributed by atoms with Gasteiger partial charge in [0.2, 0.25) is 0 Å². The fourth-order valence-corrected chi connectivity index (χ4v) is 1.77. The Kier molecular flexibility index (Phi) is 4.39. The van der Waals surface area contributed by atoms with Gasteiger partial charge in [-0.15, -0.1) is 13.2 Å².